The van der Waals surface area contributed by atoms with Crippen LogP contribution in [0, 0.1) is 5.82 Å². The van der Waals surface area contributed by atoms with Crippen LogP contribution < -0.4 is 10.1 Å². The van der Waals surface area contributed by atoms with E-state index in [9.17, 15) is 9.18 Å². The van der Waals surface area contributed by atoms with Gasteiger partial charge in [0.05, 0.1) is 4.88 Å². The molecule has 1 N–H and O–H groups in total. The van der Waals surface area contributed by atoms with E-state index in [0.717, 1.165) is 0 Å². The zero-order chi connectivity index (χ0) is 15.4. The summed E-state index contributed by atoms with van der Waals surface area (Å²) in [5, 5.41) is 4.53. The van der Waals surface area contributed by atoms with Crippen molar-refractivity contribution in [1.29, 1.82) is 0 Å². The summed E-state index contributed by atoms with van der Waals surface area (Å²) in [6, 6.07) is 12.8. The molecule has 1 aromatic carbocycles. The van der Waals surface area contributed by atoms with Gasteiger partial charge in [-0.2, -0.15) is 0 Å². The number of aromatic nitrogens is 1. The smallest absolute Gasteiger partial charge is 0.265 e. The van der Waals surface area contributed by atoms with E-state index in [2.05, 4.69) is 10.3 Å². The highest BCUT2D eigenvalue weighted by atomic mass is 32.1. The largest absolute Gasteiger partial charge is 0.434 e. The van der Waals surface area contributed by atoms with Crippen molar-refractivity contribution in [3.63, 3.8) is 0 Å². The molecule has 0 fully saturated rings. The van der Waals surface area contributed by atoms with Crippen LogP contribution in [0.15, 0.2) is 60.1 Å². The number of hydrogen-bond acceptors (Lipinski definition) is 4. The molecule has 3 aromatic rings. The van der Waals surface area contributed by atoms with Crippen molar-refractivity contribution in [3.8, 4) is 11.6 Å². The van der Waals surface area contributed by atoms with Crippen molar-refractivity contribution in [1.82, 2.24) is 4.98 Å². The summed E-state index contributed by atoms with van der Waals surface area (Å²) >= 11 is 1.33. The number of anilines is 1. The number of thiophene rings is 1. The van der Waals surface area contributed by atoms with Crippen LogP contribution in [0.2, 0.25) is 0 Å². The van der Waals surface area contributed by atoms with Crippen molar-refractivity contribution >= 4 is 22.9 Å². The fourth-order valence-electron chi connectivity index (χ4n) is 1.79. The van der Waals surface area contributed by atoms with Crippen LogP contribution in [0.4, 0.5) is 10.1 Å². The molecule has 2 aromatic heterocycles. The second-order valence-electron chi connectivity index (χ2n) is 4.32. The lowest BCUT2D eigenvalue weighted by Crippen LogP contribution is -2.11. The molecule has 6 heteroatoms. The van der Waals surface area contributed by atoms with Crippen LogP contribution in [0.3, 0.4) is 0 Å². The molecule has 0 aliphatic carbocycles. The molecule has 3 rings (SSSR count). The van der Waals surface area contributed by atoms with Crippen molar-refractivity contribution in [2.24, 2.45) is 0 Å². The fourth-order valence-corrected chi connectivity index (χ4v) is 2.41. The van der Waals surface area contributed by atoms with Gasteiger partial charge in [0.25, 0.3) is 5.91 Å². The number of ether oxygens (including phenoxy) is 1. The maximum absolute atomic E-state index is 13.7. The molecule has 4 nitrogen and oxygen atoms in total. The topological polar surface area (TPSA) is 51.2 Å². The summed E-state index contributed by atoms with van der Waals surface area (Å²) in [7, 11) is 0. The Kier molecular flexibility index (Phi) is 4.11. The molecule has 0 atom stereocenters. The third-order valence-corrected chi connectivity index (χ3v) is 3.68. The third-order valence-electron chi connectivity index (χ3n) is 2.81. The zero-order valence-electron chi connectivity index (χ0n) is 11.3. The van der Waals surface area contributed by atoms with Crippen molar-refractivity contribution in [2.45, 2.75) is 0 Å². The van der Waals surface area contributed by atoms with E-state index in [0.29, 0.717) is 10.6 Å². The maximum Gasteiger partial charge on any atom is 0.265 e. The van der Waals surface area contributed by atoms with Crippen molar-refractivity contribution in [3.05, 3.63) is 70.8 Å². The number of nitrogens with zero attached hydrogens (tertiary/aromatic N) is 1. The molecule has 0 saturated heterocycles. The number of pyridine rings is 1. The number of hydrogen-bond donors (Lipinski definition) is 1. The van der Waals surface area contributed by atoms with E-state index in [-0.39, 0.29) is 17.5 Å². The van der Waals surface area contributed by atoms with Gasteiger partial charge in [0.2, 0.25) is 5.88 Å². The summed E-state index contributed by atoms with van der Waals surface area (Å²) in [5.74, 6) is -0.574. The van der Waals surface area contributed by atoms with Gasteiger partial charge in [-0.15, -0.1) is 11.3 Å². The van der Waals surface area contributed by atoms with Crippen LogP contribution in [-0.4, -0.2) is 10.9 Å². The van der Waals surface area contributed by atoms with E-state index in [1.165, 1.54) is 29.7 Å². The van der Waals surface area contributed by atoms with Crippen molar-refractivity contribution in [2.75, 3.05) is 5.32 Å². The average molecular weight is 314 g/mol. The van der Waals surface area contributed by atoms with Gasteiger partial charge < -0.3 is 10.1 Å². The number of halogens is 1. The SMILES string of the molecule is O=C(Nc1cccnc1Oc1ccccc1F)c1cccs1. The molecule has 0 aliphatic heterocycles. The summed E-state index contributed by atoms with van der Waals surface area (Å²) in [5.41, 5.74) is 0.379. The Bertz CT molecular complexity index is 790. The minimum absolute atomic E-state index is 0.0489. The monoisotopic (exact) mass is 314 g/mol. The van der Waals surface area contributed by atoms with Gasteiger partial charge in [-0.05, 0) is 35.7 Å². The fraction of sp³-hybridized carbons (Fsp3) is 0. The van der Waals surface area contributed by atoms with Gasteiger partial charge in [0.15, 0.2) is 11.6 Å². The Balaban J connectivity index is 1.84. The first-order valence-corrected chi connectivity index (χ1v) is 7.34. The normalized spacial score (nSPS) is 10.2. The molecule has 0 unspecified atom stereocenters. The Morgan fingerprint density at radius 2 is 2.00 bits per heavy atom. The van der Waals surface area contributed by atoms with Crippen LogP contribution in [0.5, 0.6) is 11.6 Å². The molecule has 110 valence electrons. The van der Waals surface area contributed by atoms with E-state index in [1.54, 1.807) is 36.4 Å². The molecule has 0 saturated carbocycles. The first kappa shape index (κ1) is 14.2. The number of rotatable bonds is 4. The van der Waals surface area contributed by atoms with Crippen LogP contribution in [0.1, 0.15) is 9.67 Å². The zero-order valence-corrected chi connectivity index (χ0v) is 12.1. The highest BCUT2D eigenvalue weighted by molar-refractivity contribution is 7.12. The predicted molar refractivity (Wildman–Crippen MR) is 83.0 cm³/mol. The molecule has 1 amide bonds. The number of amides is 1. The number of carbonyl (C=O) groups excluding carboxylic acids is 1. The van der Waals surface area contributed by atoms with Gasteiger partial charge in [-0.3, -0.25) is 4.79 Å². The minimum Gasteiger partial charge on any atom is -0.434 e. The summed E-state index contributed by atoms with van der Waals surface area (Å²) in [6.07, 6.45) is 1.51. The number of carbonyl (C=O) groups is 1. The van der Waals surface area contributed by atoms with Crippen LogP contribution >= 0.6 is 11.3 Å². The van der Waals surface area contributed by atoms with Gasteiger partial charge in [-0.1, -0.05) is 18.2 Å². The van der Waals surface area contributed by atoms with Gasteiger partial charge >= 0.3 is 0 Å². The molecular weight excluding hydrogens is 303 g/mol. The Hall–Kier alpha value is -2.73. The molecule has 22 heavy (non-hydrogen) atoms. The highest BCUT2D eigenvalue weighted by Crippen LogP contribution is 2.29. The summed E-state index contributed by atoms with van der Waals surface area (Å²) < 4.78 is 19.1. The highest BCUT2D eigenvalue weighted by Gasteiger charge is 2.13. The summed E-state index contributed by atoms with van der Waals surface area (Å²) in [6.45, 7) is 0. The lowest BCUT2D eigenvalue weighted by atomic mass is 10.3. The molecule has 0 radical (unpaired) electrons. The Morgan fingerprint density at radius 3 is 2.77 bits per heavy atom. The number of nitrogens with one attached hydrogen (secondary N) is 1. The quantitative estimate of drug-likeness (QED) is 0.780. The molecule has 0 aliphatic rings. The third kappa shape index (κ3) is 3.12. The molecule has 0 bridgehead atoms. The standard InChI is InChI=1S/C16H11FN2O2S/c17-11-5-1-2-7-13(11)21-16-12(6-3-9-18-16)19-15(20)14-8-4-10-22-14/h1-10H,(H,19,20). The van der Waals surface area contributed by atoms with E-state index < -0.39 is 5.82 Å². The summed E-state index contributed by atoms with van der Waals surface area (Å²) in [4.78, 5) is 16.7. The Labute approximate surface area is 130 Å². The first-order chi connectivity index (χ1) is 10.7. The van der Waals surface area contributed by atoms with E-state index in [1.807, 2.05) is 5.38 Å². The van der Waals surface area contributed by atoms with Crippen LogP contribution in [0.25, 0.3) is 0 Å². The number of para-hydroxylation sites is 1. The van der Waals surface area contributed by atoms with E-state index >= 15 is 0 Å². The Morgan fingerprint density at radius 1 is 1.14 bits per heavy atom. The second-order valence-corrected chi connectivity index (χ2v) is 5.27. The van der Waals surface area contributed by atoms with Crippen molar-refractivity contribution < 1.29 is 13.9 Å². The predicted octanol–water partition coefficient (Wildman–Crippen LogP) is 4.33. The maximum atomic E-state index is 13.7. The first-order valence-electron chi connectivity index (χ1n) is 6.46. The van der Waals surface area contributed by atoms with Gasteiger partial charge in [0, 0.05) is 6.20 Å². The van der Waals surface area contributed by atoms with E-state index in [4.69, 9.17) is 4.74 Å². The average Bonchev–Trinajstić information content (AvgIpc) is 3.06. The lowest BCUT2D eigenvalue weighted by Gasteiger charge is -2.10. The molecule has 2 heterocycles. The molecular formula is C16H11FN2O2S. The number of benzene rings is 1. The molecule has 0 spiro atoms. The minimum atomic E-state index is -0.497. The van der Waals surface area contributed by atoms with Crippen LogP contribution in [-0.2, 0) is 0 Å². The van der Waals surface area contributed by atoms with Gasteiger partial charge in [0.1, 0.15) is 5.69 Å². The van der Waals surface area contributed by atoms with Gasteiger partial charge in [-0.25, -0.2) is 9.37 Å². The second kappa shape index (κ2) is 6.36. The lowest BCUT2D eigenvalue weighted by molar-refractivity contribution is 0.103.